The Kier molecular flexibility index (Phi) is 29.8. The van der Waals surface area contributed by atoms with E-state index in [1.807, 2.05) is 58.0 Å². The number of benzene rings is 2. The number of aryl methyl sites for hydroxylation is 2. The molecule has 0 spiro atoms. The van der Waals surface area contributed by atoms with Gasteiger partial charge in [-0.05, 0) is 86.3 Å². The molecule has 472 valence electrons. The number of esters is 2. The zero-order valence-electron chi connectivity index (χ0n) is 51.1. The summed E-state index contributed by atoms with van der Waals surface area (Å²) >= 11 is 6.39. The first-order chi connectivity index (χ1) is 39.7. The predicted octanol–water partition coefficient (Wildman–Crippen LogP) is 6.06. The summed E-state index contributed by atoms with van der Waals surface area (Å²) in [6.07, 6.45) is -1.23. The number of aliphatic hydroxyl groups is 1. The van der Waals surface area contributed by atoms with Gasteiger partial charge in [-0.1, -0.05) is 103 Å². The minimum atomic E-state index is -4.24. The van der Waals surface area contributed by atoms with Crippen LogP contribution in [0.4, 0.5) is 0 Å². The Hall–Kier alpha value is -6.36. The highest BCUT2D eigenvalue weighted by Gasteiger charge is 2.39. The van der Waals surface area contributed by atoms with E-state index in [2.05, 4.69) is 21.3 Å². The molecule has 21 nitrogen and oxygen atoms in total. The number of carbonyl (C=O) groups excluding carboxylic acids is 10. The normalized spacial score (nSPS) is 19.2. The third kappa shape index (κ3) is 25.6. The van der Waals surface area contributed by atoms with Crippen molar-refractivity contribution in [3.63, 3.8) is 0 Å². The molecule has 23 heteroatoms. The monoisotopic (exact) mass is 1230 g/mol. The van der Waals surface area contributed by atoms with Gasteiger partial charge >= 0.3 is 11.9 Å². The molecule has 0 aliphatic carbocycles. The number of aliphatic hydroxyl groups excluding tert-OH is 1. The van der Waals surface area contributed by atoms with Gasteiger partial charge in [0, 0.05) is 107 Å². The van der Waals surface area contributed by atoms with Crippen molar-refractivity contribution in [3.8, 4) is 0 Å². The maximum Gasteiger partial charge on any atom is 0.347 e. The quantitative estimate of drug-likeness (QED) is 0.0383. The van der Waals surface area contributed by atoms with E-state index >= 15 is 0 Å². The highest BCUT2D eigenvalue weighted by molar-refractivity contribution is 7.85. The summed E-state index contributed by atoms with van der Waals surface area (Å²) in [6, 6.07) is 10.7. The van der Waals surface area contributed by atoms with Crippen molar-refractivity contribution in [2.45, 2.75) is 183 Å². The third-order valence-electron chi connectivity index (χ3n) is 15.2. The van der Waals surface area contributed by atoms with Gasteiger partial charge in [-0.25, -0.2) is 4.79 Å². The summed E-state index contributed by atoms with van der Waals surface area (Å²) < 4.78 is 42.8. The lowest BCUT2D eigenvalue weighted by Gasteiger charge is -2.33. The number of ketones is 3. The molecule has 2 aromatic rings. The van der Waals surface area contributed by atoms with Gasteiger partial charge in [0.05, 0.1) is 23.3 Å². The molecule has 0 fully saturated rings. The topological polar surface area (TPSA) is 315 Å². The van der Waals surface area contributed by atoms with Crippen molar-refractivity contribution >= 4 is 80.5 Å². The Bertz CT molecular complexity index is 2800. The van der Waals surface area contributed by atoms with Crippen LogP contribution in [0, 0.1) is 36.0 Å². The predicted molar refractivity (Wildman–Crippen MR) is 320 cm³/mol. The molecule has 0 unspecified atom stereocenters. The summed E-state index contributed by atoms with van der Waals surface area (Å²) in [5, 5.41) is 23.1. The average Bonchev–Trinajstić information content (AvgIpc) is 3.62. The van der Waals surface area contributed by atoms with E-state index in [4.69, 9.17) is 25.6 Å². The van der Waals surface area contributed by atoms with Crippen LogP contribution >= 0.6 is 11.6 Å². The molecule has 8 atom stereocenters. The molecule has 1 heterocycles. The van der Waals surface area contributed by atoms with Crippen molar-refractivity contribution in [2.24, 2.45) is 29.1 Å². The van der Waals surface area contributed by atoms with Crippen molar-refractivity contribution in [2.75, 3.05) is 32.4 Å². The van der Waals surface area contributed by atoms with Crippen LogP contribution in [0.3, 0.4) is 0 Å². The van der Waals surface area contributed by atoms with E-state index in [-0.39, 0.29) is 120 Å². The van der Waals surface area contributed by atoms with Gasteiger partial charge in [0.1, 0.15) is 23.7 Å². The van der Waals surface area contributed by atoms with Crippen molar-refractivity contribution in [3.05, 3.63) is 81.9 Å². The summed E-state index contributed by atoms with van der Waals surface area (Å²) in [5.41, 5.74) is 1.78. The number of nitrogens with one attached hydrogen (secondary N) is 4. The minimum absolute atomic E-state index is 0.0283. The average molecular weight is 1230 g/mol. The van der Waals surface area contributed by atoms with Crippen LogP contribution in [0.2, 0.25) is 5.02 Å². The highest BCUT2D eigenvalue weighted by atomic mass is 35.5. The maximum atomic E-state index is 14.0. The molecule has 6 N–H and O–H groups in total. The maximum absolute atomic E-state index is 14.0. The molecule has 0 radical (unpaired) electrons. The number of carbonyl (C=O) groups is 10. The fourth-order valence-electron chi connectivity index (χ4n) is 9.47. The Labute approximate surface area is 506 Å². The minimum Gasteiger partial charge on any atom is -0.459 e. The number of cyclic esters (lactones) is 2. The van der Waals surface area contributed by atoms with E-state index in [0.717, 1.165) is 16.7 Å². The zero-order valence-corrected chi connectivity index (χ0v) is 52.7. The Morgan fingerprint density at radius 3 is 2.07 bits per heavy atom. The molecule has 85 heavy (non-hydrogen) atoms. The third-order valence-corrected chi connectivity index (χ3v) is 16.4. The molecule has 2 aromatic carbocycles. The number of rotatable bonds is 30. The number of hydrogen-bond donors (Lipinski definition) is 6. The molecule has 1 aliphatic rings. The molecule has 0 saturated carbocycles. The molecule has 3 rings (SSSR count). The van der Waals surface area contributed by atoms with E-state index < -0.39 is 111 Å². The first-order valence-corrected chi connectivity index (χ1v) is 31.2. The summed E-state index contributed by atoms with van der Waals surface area (Å²) in [6.45, 7) is 17.0. The Morgan fingerprint density at radius 2 is 1.47 bits per heavy atom. The molecule has 0 bridgehead atoms. The number of amides is 5. The molecule has 5 amide bonds. The van der Waals surface area contributed by atoms with Crippen LogP contribution in [0.1, 0.15) is 155 Å². The lowest BCUT2D eigenvalue weighted by Crippen LogP contribution is -2.51. The largest absolute Gasteiger partial charge is 0.459 e. The standard InChI is InChI=1S/C62H90ClN5O16S/c1-37(2)32-52-60(78)83-51(15-12-16-54(73)66-48(35-44-18-17-39(5)47(63)34-44)59(77)65-36-62(9,10)61(79)84-52)42(8)58(76)41(7)45-22-19-43(20-23-45)21-25-49(70)40(6)33-50(71)57(38(3)4)67-55(74)28-30-68(29-27-53(72)64-11)56(75)26-24-46(69)14-13-31-85(80,81)82/h12,16-20,22-23,34,37-38,40-42,48,51-52,57-58,76H,13-15,21,24-33,35-36H2,1-11H3,(H,64,72)(H,65,77)(H,66,73)(H,67,74)(H,80,81,82)/b16-12+/t40-,41-,42+,48-,51+,52+,57+,58+/m1/s1. The fraction of sp³-hybridized carbons (Fsp3) is 0.613. The lowest BCUT2D eigenvalue weighted by atomic mass is 9.83. The van der Waals surface area contributed by atoms with E-state index in [9.17, 15) is 61.5 Å². The van der Waals surface area contributed by atoms with Gasteiger partial charge in [-0.2, -0.15) is 8.42 Å². The zero-order chi connectivity index (χ0) is 63.9. The van der Waals surface area contributed by atoms with Crippen LogP contribution in [-0.2, 0) is 80.4 Å². The molecule has 1 aliphatic heterocycles. The van der Waals surface area contributed by atoms with Crippen LogP contribution in [-0.4, -0.2) is 145 Å². The van der Waals surface area contributed by atoms with Crippen LogP contribution in [0.5, 0.6) is 0 Å². The molecular formula is C62H90ClN5O16S. The number of Topliss-reactive ketones (excluding diaryl/α,β-unsaturated/α-hetero) is 3. The second kappa shape index (κ2) is 34.7. The highest BCUT2D eigenvalue weighted by Crippen LogP contribution is 2.30. The number of hydrogen-bond acceptors (Lipinski definition) is 15. The molecular weight excluding hydrogens is 1140 g/mol. The van der Waals surface area contributed by atoms with Crippen molar-refractivity contribution in [1.82, 2.24) is 26.2 Å². The van der Waals surface area contributed by atoms with Crippen LogP contribution in [0.25, 0.3) is 0 Å². The summed E-state index contributed by atoms with van der Waals surface area (Å²) in [5.74, 6) is -8.04. The van der Waals surface area contributed by atoms with Crippen molar-refractivity contribution < 1.29 is 75.5 Å². The van der Waals surface area contributed by atoms with Crippen LogP contribution < -0.4 is 21.3 Å². The first-order valence-electron chi connectivity index (χ1n) is 29.2. The van der Waals surface area contributed by atoms with Gasteiger partial charge in [0.2, 0.25) is 29.5 Å². The lowest BCUT2D eigenvalue weighted by molar-refractivity contribution is -0.180. The second-order valence-electron chi connectivity index (χ2n) is 23.8. The van der Waals surface area contributed by atoms with Gasteiger partial charge < -0.3 is 40.7 Å². The number of ether oxygens (including phenoxy) is 2. The smallest absolute Gasteiger partial charge is 0.347 e. The first kappa shape index (κ1) is 72.9. The Balaban J connectivity index is 1.68. The molecule has 0 aromatic heterocycles. The summed E-state index contributed by atoms with van der Waals surface area (Å²) in [4.78, 5) is 134. The van der Waals surface area contributed by atoms with Gasteiger partial charge in [-0.3, -0.25) is 47.7 Å². The number of nitrogens with zero attached hydrogens (tertiary/aromatic N) is 1. The van der Waals surface area contributed by atoms with Crippen molar-refractivity contribution in [1.29, 1.82) is 0 Å². The van der Waals surface area contributed by atoms with E-state index in [1.54, 1.807) is 53.7 Å². The van der Waals surface area contributed by atoms with E-state index in [1.165, 1.54) is 24.1 Å². The fourth-order valence-corrected chi connectivity index (χ4v) is 10.2. The second-order valence-corrected chi connectivity index (χ2v) is 25.8. The van der Waals surface area contributed by atoms with Crippen LogP contribution in [0.15, 0.2) is 54.6 Å². The SMILES string of the molecule is CNC(=O)CCN(CCC(=O)N[C@H](C(=O)C[C@@H](C)C(=O)CCc1ccc([C@@H](C)[C@H](O)[C@@H](C)[C@@H]2C/C=C/C(=O)N[C@H](Cc3ccc(C)c(Cl)c3)C(=O)NCC(C)(C)C(=O)O[C@@H](CC(C)C)C(=O)O2)cc1)C(C)C)C(=O)CCC(=O)CCCS(=O)(=O)O. The van der Waals surface area contributed by atoms with E-state index in [0.29, 0.717) is 17.0 Å². The molecule has 0 saturated heterocycles. The van der Waals surface area contributed by atoms with Gasteiger partial charge in [0.25, 0.3) is 10.1 Å². The van der Waals surface area contributed by atoms with Gasteiger partial charge in [-0.15, -0.1) is 0 Å². The Morgan fingerprint density at radius 1 is 0.835 bits per heavy atom. The number of halogens is 1. The van der Waals surface area contributed by atoms with Gasteiger partial charge in [0.15, 0.2) is 11.9 Å². The summed E-state index contributed by atoms with van der Waals surface area (Å²) in [7, 11) is -2.81.